The van der Waals surface area contributed by atoms with E-state index in [2.05, 4.69) is 20.1 Å². The van der Waals surface area contributed by atoms with Crippen molar-refractivity contribution in [1.82, 2.24) is 24.7 Å². The number of nitrogens with zero attached hydrogens (tertiary/aromatic N) is 5. The Kier molecular flexibility index (Phi) is 6.67. The molecule has 0 aliphatic rings. The summed E-state index contributed by atoms with van der Waals surface area (Å²) in [6.45, 7) is 3.32. The monoisotopic (exact) mass is 477 g/mol. The molecule has 0 radical (unpaired) electrons. The standard InChI is InChI=1S/C19H14F7N5O2/c1-10(2)32-33-13(11-3-4-16(20)27-7-11)8-31-9-28-17(30-31)12-5-14(18(21,22)23)29-15(6-12)19(24,25)26/h3-10H,1-2H3/b13-8+. The highest BCUT2D eigenvalue weighted by Crippen LogP contribution is 2.35. The van der Waals surface area contributed by atoms with Gasteiger partial charge in [-0.3, -0.25) is 0 Å². The maximum atomic E-state index is 13.1. The predicted molar refractivity (Wildman–Crippen MR) is 98.9 cm³/mol. The Balaban J connectivity index is 2.02. The van der Waals surface area contributed by atoms with E-state index >= 15 is 0 Å². The zero-order valence-electron chi connectivity index (χ0n) is 16.8. The molecule has 3 aromatic heterocycles. The van der Waals surface area contributed by atoms with Crippen molar-refractivity contribution in [2.24, 2.45) is 0 Å². The van der Waals surface area contributed by atoms with Crippen molar-refractivity contribution >= 4 is 12.0 Å². The third kappa shape index (κ3) is 6.25. The molecule has 0 N–H and O–H groups in total. The molecule has 3 heterocycles. The van der Waals surface area contributed by atoms with Crippen LogP contribution >= 0.6 is 0 Å². The van der Waals surface area contributed by atoms with Gasteiger partial charge < -0.3 is 4.89 Å². The molecule has 0 aromatic carbocycles. The van der Waals surface area contributed by atoms with Crippen LogP contribution in [0.2, 0.25) is 0 Å². The molecule has 176 valence electrons. The molecule has 0 aliphatic carbocycles. The first-order valence-electron chi connectivity index (χ1n) is 9.08. The van der Waals surface area contributed by atoms with Crippen LogP contribution in [0, 0.1) is 5.95 Å². The van der Waals surface area contributed by atoms with Crippen molar-refractivity contribution < 1.29 is 40.5 Å². The van der Waals surface area contributed by atoms with Crippen LogP contribution in [-0.2, 0) is 22.1 Å². The van der Waals surface area contributed by atoms with Gasteiger partial charge in [-0.05, 0) is 38.1 Å². The quantitative estimate of drug-likeness (QED) is 0.159. The summed E-state index contributed by atoms with van der Waals surface area (Å²) in [5.74, 6) is -1.23. The third-order valence-electron chi connectivity index (χ3n) is 3.76. The molecular weight excluding hydrogens is 463 g/mol. The molecule has 0 saturated carbocycles. The first kappa shape index (κ1) is 24.1. The van der Waals surface area contributed by atoms with Crippen LogP contribution in [0.3, 0.4) is 0 Å². The van der Waals surface area contributed by atoms with Gasteiger partial charge in [-0.2, -0.15) is 35.6 Å². The minimum atomic E-state index is -5.12. The van der Waals surface area contributed by atoms with Crippen molar-refractivity contribution in [2.75, 3.05) is 0 Å². The van der Waals surface area contributed by atoms with E-state index in [1.165, 1.54) is 12.3 Å². The van der Waals surface area contributed by atoms with E-state index in [1.807, 2.05) is 0 Å². The van der Waals surface area contributed by atoms with E-state index in [-0.39, 0.29) is 17.4 Å². The summed E-state index contributed by atoms with van der Waals surface area (Å²) < 4.78 is 92.4. The maximum absolute atomic E-state index is 13.1. The van der Waals surface area contributed by atoms with Crippen molar-refractivity contribution in [2.45, 2.75) is 32.3 Å². The van der Waals surface area contributed by atoms with Gasteiger partial charge in [0.1, 0.15) is 17.7 Å². The van der Waals surface area contributed by atoms with Crippen LogP contribution in [0.5, 0.6) is 0 Å². The molecule has 0 saturated heterocycles. The Morgan fingerprint density at radius 1 is 1.00 bits per heavy atom. The number of pyridine rings is 2. The van der Waals surface area contributed by atoms with Crippen LogP contribution in [0.15, 0.2) is 36.8 Å². The Hall–Kier alpha value is -3.55. The van der Waals surface area contributed by atoms with Crippen LogP contribution < -0.4 is 0 Å². The van der Waals surface area contributed by atoms with Gasteiger partial charge in [0.15, 0.2) is 11.6 Å². The van der Waals surface area contributed by atoms with Gasteiger partial charge in [0.2, 0.25) is 5.95 Å². The summed E-state index contributed by atoms with van der Waals surface area (Å²) >= 11 is 0. The van der Waals surface area contributed by atoms with Gasteiger partial charge >= 0.3 is 12.4 Å². The predicted octanol–water partition coefficient (Wildman–Crippen LogP) is 5.22. The molecule has 33 heavy (non-hydrogen) atoms. The largest absolute Gasteiger partial charge is 0.433 e. The van der Waals surface area contributed by atoms with Crippen LogP contribution in [0.1, 0.15) is 30.8 Å². The van der Waals surface area contributed by atoms with E-state index in [9.17, 15) is 30.7 Å². The second-order valence-corrected chi connectivity index (χ2v) is 6.76. The van der Waals surface area contributed by atoms with E-state index in [0.29, 0.717) is 12.1 Å². The minimum absolute atomic E-state index is 0.0330. The second-order valence-electron chi connectivity index (χ2n) is 6.76. The van der Waals surface area contributed by atoms with E-state index in [0.717, 1.165) is 23.3 Å². The first-order valence-corrected chi connectivity index (χ1v) is 9.08. The van der Waals surface area contributed by atoms with Gasteiger partial charge in [0, 0.05) is 17.3 Å². The Labute approximate surface area is 181 Å². The molecule has 0 bridgehead atoms. The zero-order chi connectivity index (χ0) is 24.4. The summed E-state index contributed by atoms with van der Waals surface area (Å²) in [6.07, 6.45) is -7.31. The number of rotatable bonds is 6. The average Bonchev–Trinajstić information content (AvgIpc) is 3.19. The molecular formula is C19H14F7N5O2. The van der Waals surface area contributed by atoms with Gasteiger partial charge in [-0.15, -0.1) is 5.10 Å². The molecule has 0 atom stereocenters. The molecule has 3 rings (SSSR count). The van der Waals surface area contributed by atoms with Crippen molar-refractivity contribution in [1.29, 1.82) is 0 Å². The van der Waals surface area contributed by atoms with Gasteiger partial charge in [0.05, 0.1) is 12.3 Å². The Morgan fingerprint density at radius 3 is 2.15 bits per heavy atom. The van der Waals surface area contributed by atoms with Crippen LogP contribution in [0.25, 0.3) is 23.3 Å². The Morgan fingerprint density at radius 2 is 1.64 bits per heavy atom. The number of halogens is 7. The summed E-state index contributed by atoms with van der Waals surface area (Å²) in [4.78, 5) is 20.1. The first-order chi connectivity index (χ1) is 15.3. The van der Waals surface area contributed by atoms with Crippen LogP contribution in [0.4, 0.5) is 30.7 Å². The minimum Gasteiger partial charge on any atom is -0.335 e. The van der Waals surface area contributed by atoms with Crippen molar-refractivity contribution in [3.8, 4) is 11.4 Å². The SMILES string of the molecule is CC(C)OO/C(=C/n1cnc(-c2cc(C(F)(F)F)nc(C(F)(F)F)c2)n1)c1ccc(F)nc1. The number of alkyl halides is 6. The van der Waals surface area contributed by atoms with E-state index in [4.69, 9.17) is 9.78 Å². The summed E-state index contributed by atoms with van der Waals surface area (Å²) in [6, 6.07) is 3.16. The number of aromatic nitrogens is 5. The maximum Gasteiger partial charge on any atom is 0.433 e. The summed E-state index contributed by atoms with van der Waals surface area (Å²) in [5, 5.41) is 3.87. The smallest absolute Gasteiger partial charge is 0.335 e. The average molecular weight is 477 g/mol. The molecule has 3 aromatic rings. The molecule has 0 amide bonds. The Bertz CT molecular complexity index is 1110. The molecule has 0 fully saturated rings. The van der Waals surface area contributed by atoms with E-state index in [1.54, 1.807) is 13.8 Å². The molecule has 0 unspecified atom stereocenters. The van der Waals surface area contributed by atoms with E-state index < -0.39 is 41.1 Å². The fraction of sp³-hybridized carbons (Fsp3) is 0.263. The van der Waals surface area contributed by atoms with Crippen molar-refractivity contribution in [3.63, 3.8) is 0 Å². The highest BCUT2D eigenvalue weighted by molar-refractivity contribution is 5.69. The topological polar surface area (TPSA) is 75.0 Å². The normalized spacial score (nSPS) is 13.0. The lowest BCUT2D eigenvalue weighted by Crippen LogP contribution is -2.15. The molecule has 14 heteroatoms. The van der Waals surface area contributed by atoms with Gasteiger partial charge in [-0.1, -0.05) is 0 Å². The molecule has 7 nitrogen and oxygen atoms in total. The van der Waals surface area contributed by atoms with Gasteiger partial charge in [0.25, 0.3) is 0 Å². The highest BCUT2D eigenvalue weighted by atomic mass is 19.4. The van der Waals surface area contributed by atoms with Gasteiger partial charge in [-0.25, -0.2) is 19.6 Å². The van der Waals surface area contributed by atoms with Crippen molar-refractivity contribution in [3.05, 3.63) is 59.7 Å². The lowest BCUT2D eigenvalue weighted by Gasteiger charge is -2.12. The zero-order valence-corrected chi connectivity index (χ0v) is 16.8. The van der Waals surface area contributed by atoms with Crippen LogP contribution in [-0.4, -0.2) is 30.8 Å². The third-order valence-corrected chi connectivity index (χ3v) is 3.76. The lowest BCUT2D eigenvalue weighted by atomic mass is 10.1. The fourth-order valence-electron chi connectivity index (χ4n) is 2.35. The number of hydrogen-bond acceptors (Lipinski definition) is 6. The number of hydrogen-bond donors (Lipinski definition) is 0. The fourth-order valence-corrected chi connectivity index (χ4v) is 2.35. The molecule has 0 aliphatic heterocycles. The highest BCUT2D eigenvalue weighted by Gasteiger charge is 2.39. The summed E-state index contributed by atoms with van der Waals surface area (Å²) in [5.41, 5.74) is -3.80. The molecule has 0 spiro atoms. The lowest BCUT2D eigenvalue weighted by molar-refractivity contribution is -0.260. The second kappa shape index (κ2) is 9.13. The summed E-state index contributed by atoms with van der Waals surface area (Å²) in [7, 11) is 0.